The van der Waals surface area contributed by atoms with E-state index in [4.69, 9.17) is 32.9 Å². The Morgan fingerprint density at radius 1 is 1.41 bits per heavy atom. The molecule has 11 heteroatoms. The van der Waals surface area contributed by atoms with Crippen LogP contribution in [0.2, 0.25) is 0 Å². The molecular weight excluding hydrogens is 413 g/mol. The molecule has 29 heavy (non-hydrogen) atoms. The van der Waals surface area contributed by atoms with E-state index in [9.17, 15) is 22.8 Å². The van der Waals surface area contributed by atoms with Gasteiger partial charge in [-0.15, -0.1) is 6.42 Å². The third kappa shape index (κ3) is 5.68. The van der Waals surface area contributed by atoms with Crippen LogP contribution in [0.4, 0.5) is 13.2 Å². The zero-order chi connectivity index (χ0) is 22.0. The summed E-state index contributed by atoms with van der Waals surface area (Å²) in [6.07, 6.45) is -1.76. The van der Waals surface area contributed by atoms with Crippen LogP contribution in [0.1, 0.15) is 39.0 Å². The van der Waals surface area contributed by atoms with E-state index < -0.39 is 46.8 Å². The molecule has 1 fully saturated rings. The molecule has 160 valence electrons. The average Bonchev–Trinajstić information content (AvgIpc) is 2.98. The lowest BCUT2D eigenvalue weighted by molar-refractivity contribution is -0.139. The Morgan fingerprint density at radius 2 is 2.07 bits per heavy atom. The Labute approximate surface area is 170 Å². The molecule has 0 saturated carbocycles. The molecule has 0 aliphatic carbocycles. The number of rotatable bonds is 5. The quantitative estimate of drug-likeness (QED) is 0.566. The third-order valence-electron chi connectivity index (χ3n) is 4.14. The van der Waals surface area contributed by atoms with Crippen LogP contribution >= 0.6 is 12.2 Å². The first kappa shape index (κ1) is 23.1. The Bertz CT molecular complexity index is 910. The predicted molar refractivity (Wildman–Crippen MR) is 101 cm³/mol. The summed E-state index contributed by atoms with van der Waals surface area (Å²) >= 11 is 5.20. The van der Waals surface area contributed by atoms with Gasteiger partial charge < -0.3 is 14.2 Å². The fourth-order valence-corrected chi connectivity index (χ4v) is 2.70. The van der Waals surface area contributed by atoms with Crippen molar-refractivity contribution in [3.8, 4) is 12.3 Å². The van der Waals surface area contributed by atoms with Gasteiger partial charge in [-0.3, -0.25) is 14.3 Å². The summed E-state index contributed by atoms with van der Waals surface area (Å²) < 4.78 is 56.5. The van der Waals surface area contributed by atoms with Gasteiger partial charge >= 0.3 is 11.9 Å². The zero-order valence-corrected chi connectivity index (χ0v) is 16.9. The molecule has 1 aromatic rings. The monoisotopic (exact) mass is 434 g/mol. The van der Waals surface area contributed by atoms with Crippen LogP contribution < -0.4 is 11.2 Å². The maximum Gasteiger partial charge on any atom is 0.423 e. The van der Waals surface area contributed by atoms with E-state index in [0.29, 0.717) is 15.8 Å². The number of H-pyrrole nitrogens is 1. The standard InChI is InChI=1S/C18H21F3N2O5S/c1-5-6-26-11-7-13(28-12(11)9-27-15(29)17(2,3)4)23-8-10(18(19,20)21)14(24)22-16(23)25/h1,8,11-13H,6-7,9H2,2-4H3,(H,22,24,25)/t11-,12+,13+/m0/s1. The summed E-state index contributed by atoms with van der Waals surface area (Å²) in [4.78, 5) is 25.2. The van der Waals surface area contributed by atoms with Gasteiger partial charge in [0.25, 0.3) is 5.56 Å². The van der Waals surface area contributed by atoms with Gasteiger partial charge in [-0.1, -0.05) is 26.7 Å². The molecule has 2 heterocycles. The Kier molecular flexibility index (Phi) is 6.93. The molecule has 2 rings (SSSR count). The minimum Gasteiger partial charge on any atom is -0.484 e. The lowest BCUT2D eigenvalue weighted by Crippen LogP contribution is -2.36. The topological polar surface area (TPSA) is 82.6 Å². The number of terminal acetylenes is 1. The van der Waals surface area contributed by atoms with Crippen molar-refractivity contribution in [2.45, 2.75) is 51.8 Å². The van der Waals surface area contributed by atoms with Gasteiger partial charge in [-0.05, 0) is 12.2 Å². The van der Waals surface area contributed by atoms with Crippen LogP contribution in [0, 0.1) is 17.8 Å². The maximum atomic E-state index is 13.0. The van der Waals surface area contributed by atoms with E-state index >= 15 is 0 Å². The molecule has 0 unspecified atom stereocenters. The number of ether oxygens (including phenoxy) is 3. The van der Waals surface area contributed by atoms with E-state index in [1.54, 1.807) is 4.98 Å². The highest BCUT2D eigenvalue weighted by Crippen LogP contribution is 2.32. The highest BCUT2D eigenvalue weighted by atomic mass is 32.1. The minimum absolute atomic E-state index is 0.0290. The molecule has 0 bridgehead atoms. The summed E-state index contributed by atoms with van der Waals surface area (Å²) in [7, 11) is 0. The van der Waals surface area contributed by atoms with E-state index in [1.807, 2.05) is 20.8 Å². The van der Waals surface area contributed by atoms with Crippen molar-refractivity contribution in [1.29, 1.82) is 0 Å². The molecule has 1 N–H and O–H groups in total. The molecule has 1 aromatic heterocycles. The fourth-order valence-electron chi connectivity index (χ4n) is 2.63. The lowest BCUT2D eigenvalue weighted by atomic mass is 9.98. The highest BCUT2D eigenvalue weighted by molar-refractivity contribution is 7.80. The van der Waals surface area contributed by atoms with Gasteiger partial charge in [0.15, 0.2) is 5.05 Å². The van der Waals surface area contributed by atoms with Gasteiger partial charge in [0, 0.05) is 18.0 Å². The molecule has 0 amide bonds. The largest absolute Gasteiger partial charge is 0.484 e. The van der Waals surface area contributed by atoms with Gasteiger partial charge in [0.05, 0.1) is 6.10 Å². The number of alkyl halides is 3. The first-order valence-corrected chi connectivity index (χ1v) is 9.06. The Hall–Kier alpha value is -2.16. The van der Waals surface area contributed by atoms with Crippen molar-refractivity contribution in [3.63, 3.8) is 0 Å². The Balaban J connectivity index is 2.27. The van der Waals surface area contributed by atoms with Crippen LogP contribution in [0.3, 0.4) is 0 Å². The minimum atomic E-state index is -4.93. The first-order chi connectivity index (χ1) is 13.3. The number of nitrogens with zero attached hydrogens (tertiary/aromatic N) is 1. The molecule has 1 aliphatic rings. The molecule has 0 aromatic carbocycles. The van der Waals surface area contributed by atoms with Gasteiger partial charge in [0.1, 0.15) is 31.1 Å². The number of halogens is 3. The number of hydrogen-bond acceptors (Lipinski definition) is 6. The maximum absolute atomic E-state index is 13.0. The van der Waals surface area contributed by atoms with E-state index in [-0.39, 0.29) is 19.6 Å². The normalized spacial score (nSPS) is 22.3. The molecule has 1 aliphatic heterocycles. The lowest BCUT2D eigenvalue weighted by Gasteiger charge is -2.24. The second-order valence-corrected chi connectivity index (χ2v) is 7.84. The van der Waals surface area contributed by atoms with Crippen molar-refractivity contribution < 1.29 is 27.4 Å². The fraction of sp³-hybridized carbons (Fsp3) is 0.611. The molecule has 0 spiro atoms. The molecule has 0 radical (unpaired) electrons. The molecule has 3 atom stereocenters. The van der Waals surface area contributed by atoms with Gasteiger partial charge in [-0.2, -0.15) is 13.2 Å². The van der Waals surface area contributed by atoms with Crippen molar-refractivity contribution in [3.05, 3.63) is 32.6 Å². The second-order valence-electron chi connectivity index (χ2n) is 7.47. The van der Waals surface area contributed by atoms with Crippen LogP contribution in [-0.4, -0.2) is 40.0 Å². The molecule has 1 saturated heterocycles. The summed E-state index contributed by atoms with van der Waals surface area (Å²) in [5, 5.41) is 0.320. The first-order valence-electron chi connectivity index (χ1n) is 8.65. The predicted octanol–water partition coefficient (Wildman–Crippen LogP) is 2.25. The summed E-state index contributed by atoms with van der Waals surface area (Å²) in [5.41, 5.74) is -4.46. The third-order valence-corrected chi connectivity index (χ3v) is 4.87. The number of nitrogens with one attached hydrogen (secondary N) is 1. The van der Waals surface area contributed by atoms with E-state index in [1.165, 1.54) is 0 Å². The Morgan fingerprint density at radius 3 is 2.62 bits per heavy atom. The summed E-state index contributed by atoms with van der Waals surface area (Å²) in [6, 6.07) is 0. The van der Waals surface area contributed by atoms with E-state index in [0.717, 1.165) is 0 Å². The van der Waals surface area contributed by atoms with Crippen molar-refractivity contribution in [2.75, 3.05) is 13.2 Å². The number of thiocarbonyl (C=S) groups is 1. The highest BCUT2D eigenvalue weighted by Gasteiger charge is 2.40. The van der Waals surface area contributed by atoms with Crippen LogP contribution in [0.25, 0.3) is 0 Å². The van der Waals surface area contributed by atoms with Crippen molar-refractivity contribution in [2.24, 2.45) is 5.41 Å². The van der Waals surface area contributed by atoms with Gasteiger partial charge in [-0.25, -0.2) is 4.79 Å². The average molecular weight is 434 g/mol. The summed E-state index contributed by atoms with van der Waals surface area (Å²) in [5.74, 6) is 2.30. The second kappa shape index (κ2) is 8.69. The number of hydrogen-bond donors (Lipinski definition) is 1. The van der Waals surface area contributed by atoms with Gasteiger partial charge in [0.2, 0.25) is 0 Å². The number of aromatic amines is 1. The van der Waals surface area contributed by atoms with Crippen LogP contribution in [-0.2, 0) is 20.4 Å². The SMILES string of the molecule is C#CCO[C@H]1C[C@H](n2cc(C(F)(F)F)c(=O)[nH]c2=O)O[C@@H]1COC(=S)C(C)(C)C. The number of aromatic nitrogens is 2. The molecular formula is C18H21F3N2O5S. The van der Waals surface area contributed by atoms with Crippen LogP contribution in [0.5, 0.6) is 0 Å². The smallest absolute Gasteiger partial charge is 0.423 e. The zero-order valence-electron chi connectivity index (χ0n) is 16.0. The summed E-state index contributed by atoms with van der Waals surface area (Å²) in [6.45, 7) is 5.48. The van der Waals surface area contributed by atoms with Crippen LogP contribution in [0.15, 0.2) is 15.8 Å². The van der Waals surface area contributed by atoms with E-state index in [2.05, 4.69) is 5.92 Å². The van der Waals surface area contributed by atoms with Crippen molar-refractivity contribution in [1.82, 2.24) is 9.55 Å². The van der Waals surface area contributed by atoms with Crippen molar-refractivity contribution >= 4 is 17.3 Å². The molecule has 7 nitrogen and oxygen atoms in total.